The Balaban J connectivity index is 1.99. The molecule has 2 N–H and O–H groups in total. The molecule has 0 saturated carbocycles. The predicted molar refractivity (Wildman–Crippen MR) is 81.3 cm³/mol. The van der Waals surface area contributed by atoms with Crippen LogP contribution in [0.15, 0.2) is 24.3 Å². The summed E-state index contributed by atoms with van der Waals surface area (Å²) >= 11 is 0. The van der Waals surface area contributed by atoms with Gasteiger partial charge in [-0.1, -0.05) is 18.2 Å². The molecule has 6 nitrogen and oxygen atoms in total. The van der Waals surface area contributed by atoms with Crippen molar-refractivity contribution >= 4 is 11.9 Å². The van der Waals surface area contributed by atoms with Crippen molar-refractivity contribution in [2.24, 2.45) is 0 Å². The molecule has 1 aromatic carbocycles. The highest BCUT2D eigenvalue weighted by molar-refractivity contribution is 5.45. The minimum absolute atomic E-state index is 0.211. The average molecular weight is 285 g/mol. The number of anilines is 2. The summed E-state index contributed by atoms with van der Waals surface area (Å²) in [6, 6.07) is 8.30. The summed E-state index contributed by atoms with van der Waals surface area (Å²) in [5.74, 6) is 2.45. The molecule has 1 aromatic heterocycles. The molecule has 0 bridgehead atoms. The van der Waals surface area contributed by atoms with Crippen molar-refractivity contribution in [3.8, 4) is 5.75 Å². The van der Waals surface area contributed by atoms with Crippen molar-refractivity contribution in [2.45, 2.75) is 25.8 Å². The van der Waals surface area contributed by atoms with Gasteiger partial charge in [0.1, 0.15) is 11.6 Å². The quantitative estimate of drug-likeness (QED) is 0.930. The number of rotatable bonds is 3. The van der Waals surface area contributed by atoms with Gasteiger partial charge in [0.2, 0.25) is 11.9 Å². The van der Waals surface area contributed by atoms with Crippen LogP contribution in [0.1, 0.15) is 30.3 Å². The third kappa shape index (κ3) is 2.61. The van der Waals surface area contributed by atoms with Crippen LogP contribution in [0.3, 0.4) is 0 Å². The Morgan fingerprint density at radius 2 is 2.05 bits per heavy atom. The molecule has 1 saturated heterocycles. The van der Waals surface area contributed by atoms with Gasteiger partial charge in [-0.3, -0.25) is 0 Å². The number of nitrogens with two attached hydrogens (primary N) is 1. The van der Waals surface area contributed by atoms with Crippen molar-refractivity contribution in [3.63, 3.8) is 0 Å². The first-order valence-corrected chi connectivity index (χ1v) is 7.06. The Bertz CT molecular complexity index is 625. The minimum Gasteiger partial charge on any atom is -0.496 e. The minimum atomic E-state index is 0.211. The number of nitrogen functional groups attached to an aromatic ring is 1. The van der Waals surface area contributed by atoms with Gasteiger partial charge in [0.15, 0.2) is 0 Å². The molecule has 1 aliphatic heterocycles. The lowest BCUT2D eigenvalue weighted by molar-refractivity contribution is 0.405. The summed E-state index contributed by atoms with van der Waals surface area (Å²) in [4.78, 5) is 14.9. The predicted octanol–water partition coefficient (Wildman–Crippen LogP) is 2.11. The lowest BCUT2D eigenvalue weighted by Crippen LogP contribution is -2.26. The van der Waals surface area contributed by atoms with Gasteiger partial charge >= 0.3 is 0 Å². The zero-order chi connectivity index (χ0) is 14.8. The number of aromatic nitrogens is 3. The van der Waals surface area contributed by atoms with Crippen LogP contribution in [0.4, 0.5) is 11.9 Å². The summed E-state index contributed by atoms with van der Waals surface area (Å²) in [5.41, 5.74) is 6.91. The fourth-order valence-electron chi connectivity index (χ4n) is 2.89. The van der Waals surface area contributed by atoms with Crippen LogP contribution in [-0.4, -0.2) is 28.6 Å². The zero-order valence-corrected chi connectivity index (χ0v) is 12.3. The van der Waals surface area contributed by atoms with Crippen molar-refractivity contribution in [2.75, 3.05) is 24.3 Å². The fraction of sp³-hybridized carbons (Fsp3) is 0.400. The first kappa shape index (κ1) is 13.6. The maximum atomic E-state index is 5.75. The molecule has 0 radical (unpaired) electrons. The second-order valence-corrected chi connectivity index (χ2v) is 5.13. The summed E-state index contributed by atoms with van der Waals surface area (Å²) in [6.45, 7) is 2.74. The first-order chi connectivity index (χ1) is 10.2. The third-order valence-corrected chi connectivity index (χ3v) is 3.76. The molecule has 2 heterocycles. The molecule has 110 valence electrons. The highest BCUT2D eigenvalue weighted by Crippen LogP contribution is 2.38. The summed E-state index contributed by atoms with van der Waals surface area (Å²) in [6.07, 6.45) is 2.14. The summed E-state index contributed by atoms with van der Waals surface area (Å²) in [5, 5.41) is 0. The van der Waals surface area contributed by atoms with Crippen molar-refractivity contribution in [1.29, 1.82) is 0 Å². The molecular formula is C15H19N5O. The van der Waals surface area contributed by atoms with Crippen LogP contribution >= 0.6 is 0 Å². The first-order valence-electron chi connectivity index (χ1n) is 7.06. The third-order valence-electron chi connectivity index (χ3n) is 3.76. The lowest BCUT2D eigenvalue weighted by Gasteiger charge is -2.26. The van der Waals surface area contributed by atoms with E-state index in [1.807, 2.05) is 25.1 Å². The van der Waals surface area contributed by atoms with E-state index < -0.39 is 0 Å². The van der Waals surface area contributed by atoms with E-state index in [2.05, 4.69) is 25.9 Å². The molecule has 1 aliphatic rings. The molecule has 6 heteroatoms. The van der Waals surface area contributed by atoms with Crippen molar-refractivity contribution < 1.29 is 4.74 Å². The Hall–Kier alpha value is -2.37. The number of para-hydroxylation sites is 1. The Morgan fingerprint density at radius 3 is 2.81 bits per heavy atom. The molecule has 1 fully saturated rings. The number of hydrogen-bond acceptors (Lipinski definition) is 6. The molecule has 0 amide bonds. The number of benzene rings is 1. The van der Waals surface area contributed by atoms with E-state index in [0.717, 1.165) is 30.7 Å². The number of methoxy groups -OCH3 is 1. The van der Waals surface area contributed by atoms with Gasteiger partial charge in [-0.2, -0.15) is 15.0 Å². The number of hydrogen-bond donors (Lipinski definition) is 1. The van der Waals surface area contributed by atoms with Crippen LogP contribution in [0.25, 0.3) is 0 Å². The van der Waals surface area contributed by atoms with Gasteiger partial charge in [0.25, 0.3) is 0 Å². The second-order valence-electron chi connectivity index (χ2n) is 5.13. The van der Waals surface area contributed by atoms with Crippen LogP contribution in [0.5, 0.6) is 5.75 Å². The SMILES string of the molecule is COc1ccccc1C1CCCN1c1nc(C)nc(N)n1. The Morgan fingerprint density at radius 1 is 1.24 bits per heavy atom. The van der Waals surface area contributed by atoms with Gasteiger partial charge in [0.05, 0.1) is 13.2 Å². The van der Waals surface area contributed by atoms with Gasteiger partial charge in [-0.05, 0) is 25.8 Å². The van der Waals surface area contributed by atoms with E-state index in [9.17, 15) is 0 Å². The van der Waals surface area contributed by atoms with E-state index in [1.165, 1.54) is 0 Å². The highest BCUT2D eigenvalue weighted by Gasteiger charge is 2.30. The van der Waals surface area contributed by atoms with Gasteiger partial charge in [-0.25, -0.2) is 0 Å². The topological polar surface area (TPSA) is 77.2 Å². The van der Waals surface area contributed by atoms with E-state index in [4.69, 9.17) is 10.5 Å². The van der Waals surface area contributed by atoms with E-state index in [0.29, 0.717) is 11.8 Å². The van der Waals surface area contributed by atoms with E-state index in [1.54, 1.807) is 7.11 Å². The monoisotopic (exact) mass is 285 g/mol. The van der Waals surface area contributed by atoms with Crippen molar-refractivity contribution in [1.82, 2.24) is 15.0 Å². The zero-order valence-electron chi connectivity index (χ0n) is 12.3. The standard InChI is InChI=1S/C15H19N5O/c1-10-17-14(16)19-15(18-10)20-9-5-7-12(20)11-6-3-4-8-13(11)21-2/h3-4,6,8,12H,5,7,9H2,1-2H3,(H2,16,17,18,19). The molecular weight excluding hydrogens is 266 g/mol. The molecule has 3 rings (SSSR count). The highest BCUT2D eigenvalue weighted by atomic mass is 16.5. The fourth-order valence-corrected chi connectivity index (χ4v) is 2.89. The van der Waals surface area contributed by atoms with Crippen LogP contribution in [0.2, 0.25) is 0 Å². The van der Waals surface area contributed by atoms with Crippen LogP contribution in [-0.2, 0) is 0 Å². The molecule has 2 aromatic rings. The lowest BCUT2D eigenvalue weighted by atomic mass is 10.0. The molecule has 1 unspecified atom stereocenters. The summed E-state index contributed by atoms with van der Waals surface area (Å²) in [7, 11) is 1.70. The second kappa shape index (κ2) is 5.55. The van der Waals surface area contributed by atoms with Crippen LogP contribution in [0, 0.1) is 6.92 Å². The maximum absolute atomic E-state index is 5.75. The number of nitrogens with zero attached hydrogens (tertiary/aromatic N) is 4. The Labute approximate surface area is 124 Å². The number of ether oxygens (including phenoxy) is 1. The molecule has 0 aliphatic carbocycles. The maximum Gasteiger partial charge on any atom is 0.230 e. The van der Waals surface area contributed by atoms with E-state index in [-0.39, 0.29) is 12.0 Å². The average Bonchev–Trinajstić information content (AvgIpc) is 2.95. The van der Waals surface area contributed by atoms with Gasteiger partial charge in [0, 0.05) is 12.1 Å². The largest absolute Gasteiger partial charge is 0.496 e. The van der Waals surface area contributed by atoms with Gasteiger partial charge < -0.3 is 15.4 Å². The molecule has 1 atom stereocenters. The van der Waals surface area contributed by atoms with Gasteiger partial charge in [-0.15, -0.1) is 0 Å². The summed E-state index contributed by atoms with van der Waals surface area (Å²) < 4.78 is 5.48. The Kier molecular flexibility index (Phi) is 3.60. The molecule has 21 heavy (non-hydrogen) atoms. The smallest absolute Gasteiger partial charge is 0.230 e. The van der Waals surface area contributed by atoms with E-state index >= 15 is 0 Å². The van der Waals surface area contributed by atoms with Crippen molar-refractivity contribution in [3.05, 3.63) is 35.7 Å². The molecule has 0 spiro atoms. The van der Waals surface area contributed by atoms with Crippen LogP contribution < -0.4 is 15.4 Å². The number of aryl methyl sites for hydroxylation is 1. The normalized spacial score (nSPS) is 18.0.